The minimum Gasteiger partial charge on any atom is -0.372 e. The average Bonchev–Trinajstić information content (AvgIpc) is 2.69. The second-order valence-electron chi connectivity index (χ2n) is 6.66. The molecule has 0 aliphatic heterocycles. The standard InChI is InChI=1S/C21H31N5O/c1-6-9-12-25(5)20-14-19(22-15-23-20)21(27)24-18-11-10-17(13-16(18)4)26(7-2)8-3/h10-11,13-15H,6-9,12H2,1-5H3,(H,24,27). The van der Waals surface area contributed by atoms with E-state index in [0.717, 1.165) is 55.2 Å². The van der Waals surface area contributed by atoms with Crippen LogP contribution in [0.25, 0.3) is 0 Å². The van der Waals surface area contributed by atoms with Gasteiger partial charge in [0.2, 0.25) is 0 Å². The van der Waals surface area contributed by atoms with Crippen LogP contribution in [0.2, 0.25) is 0 Å². The first kappa shape index (κ1) is 20.7. The Morgan fingerprint density at radius 1 is 1.11 bits per heavy atom. The van der Waals surface area contributed by atoms with Crippen LogP contribution in [0.15, 0.2) is 30.6 Å². The molecule has 1 heterocycles. The first-order valence-electron chi connectivity index (χ1n) is 9.70. The van der Waals surface area contributed by atoms with Crippen LogP contribution in [0, 0.1) is 6.92 Å². The maximum Gasteiger partial charge on any atom is 0.274 e. The zero-order valence-corrected chi connectivity index (χ0v) is 17.1. The molecule has 0 atom stereocenters. The van der Waals surface area contributed by atoms with E-state index in [9.17, 15) is 4.79 Å². The molecular formula is C21H31N5O. The van der Waals surface area contributed by atoms with Gasteiger partial charge in [-0.2, -0.15) is 0 Å². The molecule has 6 nitrogen and oxygen atoms in total. The van der Waals surface area contributed by atoms with E-state index in [1.54, 1.807) is 6.07 Å². The zero-order valence-electron chi connectivity index (χ0n) is 17.1. The monoisotopic (exact) mass is 369 g/mol. The van der Waals surface area contributed by atoms with Gasteiger partial charge in [-0.25, -0.2) is 9.97 Å². The summed E-state index contributed by atoms with van der Waals surface area (Å²) in [6, 6.07) is 7.84. The Morgan fingerprint density at radius 2 is 1.85 bits per heavy atom. The van der Waals surface area contributed by atoms with Gasteiger partial charge in [-0.3, -0.25) is 4.79 Å². The van der Waals surface area contributed by atoms with Crippen molar-refractivity contribution >= 4 is 23.1 Å². The van der Waals surface area contributed by atoms with Crippen LogP contribution in [0.3, 0.4) is 0 Å². The number of carbonyl (C=O) groups is 1. The normalized spacial score (nSPS) is 10.6. The third kappa shape index (κ3) is 5.42. The van der Waals surface area contributed by atoms with Crippen molar-refractivity contribution in [3.63, 3.8) is 0 Å². The van der Waals surface area contributed by atoms with Gasteiger partial charge in [0.05, 0.1) is 0 Å². The first-order chi connectivity index (χ1) is 13.0. The van der Waals surface area contributed by atoms with Crippen LogP contribution < -0.4 is 15.1 Å². The number of hydrogen-bond acceptors (Lipinski definition) is 5. The predicted octanol–water partition coefficient (Wildman–Crippen LogP) is 4.12. The topological polar surface area (TPSA) is 61.4 Å². The van der Waals surface area contributed by atoms with E-state index in [-0.39, 0.29) is 5.91 Å². The summed E-state index contributed by atoms with van der Waals surface area (Å²) in [5.74, 6) is 0.540. The molecule has 0 spiro atoms. The molecule has 0 unspecified atom stereocenters. The molecule has 1 aromatic heterocycles. The van der Waals surface area contributed by atoms with E-state index < -0.39 is 0 Å². The highest BCUT2D eigenvalue weighted by Gasteiger charge is 2.13. The van der Waals surface area contributed by atoms with E-state index in [2.05, 4.69) is 47.0 Å². The smallest absolute Gasteiger partial charge is 0.274 e. The van der Waals surface area contributed by atoms with Crippen molar-refractivity contribution in [1.29, 1.82) is 0 Å². The molecule has 27 heavy (non-hydrogen) atoms. The molecule has 0 aliphatic rings. The van der Waals surface area contributed by atoms with E-state index in [4.69, 9.17) is 0 Å². The number of carbonyl (C=O) groups excluding carboxylic acids is 1. The van der Waals surface area contributed by atoms with Crippen molar-refractivity contribution in [3.8, 4) is 0 Å². The van der Waals surface area contributed by atoms with Crippen molar-refractivity contribution in [3.05, 3.63) is 41.9 Å². The Balaban J connectivity index is 2.13. The highest BCUT2D eigenvalue weighted by atomic mass is 16.1. The highest BCUT2D eigenvalue weighted by molar-refractivity contribution is 6.03. The van der Waals surface area contributed by atoms with Gasteiger partial charge in [0.1, 0.15) is 17.8 Å². The van der Waals surface area contributed by atoms with Crippen molar-refractivity contribution in [2.75, 3.05) is 41.8 Å². The minimum atomic E-state index is -0.221. The van der Waals surface area contributed by atoms with Crippen LogP contribution in [0.4, 0.5) is 17.2 Å². The summed E-state index contributed by atoms with van der Waals surface area (Å²) in [5.41, 5.74) is 3.37. The Morgan fingerprint density at radius 3 is 2.48 bits per heavy atom. The fourth-order valence-corrected chi connectivity index (χ4v) is 2.95. The molecule has 1 N–H and O–H groups in total. The van der Waals surface area contributed by atoms with Crippen LogP contribution in [0.5, 0.6) is 0 Å². The maximum atomic E-state index is 12.7. The summed E-state index contributed by atoms with van der Waals surface area (Å²) in [5, 5.41) is 2.97. The Bertz CT molecular complexity index is 758. The average molecular weight is 370 g/mol. The van der Waals surface area contributed by atoms with Crippen molar-refractivity contribution in [2.24, 2.45) is 0 Å². The van der Waals surface area contributed by atoms with Gasteiger partial charge in [0.15, 0.2) is 0 Å². The van der Waals surface area contributed by atoms with E-state index in [1.807, 2.05) is 31.0 Å². The molecule has 6 heteroatoms. The van der Waals surface area contributed by atoms with E-state index >= 15 is 0 Å². The van der Waals surface area contributed by atoms with E-state index in [0.29, 0.717) is 5.69 Å². The molecule has 2 aromatic rings. The number of nitrogens with zero attached hydrogens (tertiary/aromatic N) is 4. The summed E-state index contributed by atoms with van der Waals surface area (Å²) in [6.07, 6.45) is 3.65. The number of hydrogen-bond donors (Lipinski definition) is 1. The molecule has 146 valence electrons. The van der Waals surface area contributed by atoms with Gasteiger partial charge in [0.25, 0.3) is 5.91 Å². The molecule has 0 bridgehead atoms. The van der Waals surface area contributed by atoms with Crippen molar-refractivity contribution in [2.45, 2.75) is 40.5 Å². The summed E-state index contributed by atoms with van der Waals surface area (Å²) in [4.78, 5) is 25.4. The maximum absolute atomic E-state index is 12.7. The molecule has 1 amide bonds. The summed E-state index contributed by atoms with van der Waals surface area (Å²) in [7, 11) is 1.98. The lowest BCUT2D eigenvalue weighted by Crippen LogP contribution is -2.22. The van der Waals surface area contributed by atoms with Gasteiger partial charge < -0.3 is 15.1 Å². The highest BCUT2D eigenvalue weighted by Crippen LogP contribution is 2.23. The molecule has 0 aliphatic carbocycles. The third-order valence-corrected chi connectivity index (χ3v) is 4.71. The number of unbranched alkanes of at least 4 members (excludes halogenated alkanes) is 1. The lowest BCUT2D eigenvalue weighted by molar-refractivity contribution is 0.102. The second-order valence-corrected chi connectivity index (χ2v) is 6.66. The minimum absolute atomic E-state index is 0.221. The first-order valence-corrected chi connectivity index (χ1v) is 9.70. The fourth-order valence-electron chi connectivity index (χ4n) is 2.95. The number of anilines is 3. The summed E-state index contributed by atoms with van der Waals surface area (Å²) >= 11 is 0. The van der Waals surface area contributed by atoms with Gasteiger partial charge in [-0.05, 0) is 51.0 Å². The number of amides is 1. The van der Waals surface area contributed by atoms with Gasteiger partial charge >= 0.3 is 0 Å². The molecule has 0 radical (unpaired) electrons. The van der Waals surface area contributed by atoms with Gasteiger partial charge in [-0.1, -0.05) is 13.3 Å². The van der Waals surface area contributed by atoms with Crippen molar-refractivity contribution in [1.82, 2.24) is 9.97 Å². The second kappa shape index (κ2) is 9.90. The number of rotatable bonds is 9. The van der Waals surface area contributed by atoms with Gasteiger partial charge in [0, 0.05) is 44.1 Å². The lowest BCUT2D eigenvalue weighted by Gasteiger charge is -2.22. The molecule has 1 aromatic carbocycles. The number of benzene rings is 1. The van der Waals surface area contributed by atoms with Crippen LogP contribution in [0.1, 0.15) is 49.7 Å². The molecular weight excluding hydrogens is 338 g/mol. The molecule has 2 rings (SSSR count). The lowest BCUT2D eigenvalue weighted by atomic mass is 10.1. The number of aromatic nitrogens is 2. The van der Waals surface area contributed by atoms with Crippen LogP contribution in [-0.4, -0.2) is 42.6 Å². The van der Waals surface area contributed by atoms with Crippen LogP contribution >= 0.6 is 0 Å². The Hall–Kier alpha value is -2.63. The third-order valence-electron chi connectivity index (χ3n) is 4.71. The quantitative estimate of drug-likeness (QED) is 0.720. The van der Waals surface area contributed by atoms with Crippen LogP contribution in [-0.2, 0) is 0 Å². The fraction of sp³-hybridized carbons (Fsp3) is 0.476. The summed E-state index contributed by atoms with van der Waals surface area (Å²) < 4.78 is 0. The zero-order chi connectivity index (χ0) is 19.8. The van der Waals surface area contributed by atoms with Gasteiger partial charge in [-0.15, -0.1) is 0 Å². The Kier molecular flexibility index (Phi) is 7.58. The summed E-state index contributed by atoms with van der Waals surface area (Å²) in [6.45, 7) is 11.2. The molecule has 0 saturated carbocycles. The van der Waals surface area contributed by atoms with Crippen molar-refractivity contribution < 1.29 is 4.79 Å². The number of aryl methyl sites for hydroxylation is 1. The Labute approximate surface area is 162 Å². The largest absolute Gasteiger partial charge is 0.372 e. The molecule has 0 fully saturated rings. The molecule has 0 saturated heterocycles. The predicted molar refractivity (Wildman–Crippen MR) is 113 cm³/mol. The SMILES string of the molecule is CCCCN(C)c1cc(C(=O)Nc2ccc(N(CC)CC)cc2C)ncn1. The number of nitrogens with one attached hydrogen (secondary N) is 1. The van der Waals surface area contributed by atoms with E-state index in [1.165, 1.54) is 6.33 Å².